The monoisotopic (exact) mass is 825 g/mol. The number of hydrogen-bond acceptors (Lipinski definition) is 10. The number of carbonyl (C=O) groups excluding carboxylic acids is 4. The number of nitrogens with one attached hydrogen (secondary N) is 5. The molecule has 0 bridgehead atoms. The molecular formula is C46H59N5O9. The Balaban J connectivity index is 1.61. The zero-order valence-electron chi connectivity index (χ0n) is 35.4. The van der Waals surface area contributed by atoms with E-state index in [1.165, 1.54) is 13.2 Å². The van der Waals surface area contributed by atoms with E-state index in [4.69, 9.17) is 14.2 Å². The van der Waals surface area contributed by atoms with Gasteiger partial charge in [0, 0.05) is 24.7 Å². The maximum Gasteiger partial charge on any atom is 0.408 e. The molecule has 60 heavy (non-hydrogen) atoms. The van der Waals surface area contributed by atoms with Crippen LogP contribution in [0.2, 0.25) is 0 Å². The van der Waals surface area contributed by atoms with E-state index in [9.17, 15) is 29.4 Å². The third kappa shape index (κ3) is 14.0. The Bertz CT molecular complexity index is 1990. The van der Waals surface area contributed by atoms with Crippen molar-refractivity contribution >= 4 is 23.8 Å². The maximum atomic E-state index is 14.4. The van der Waals surface area contributed by atoms with Crippen LogP contribution in [0.1, 0.15) is 56.9 Å². The van der Waals surface area contributed by atoms with Crippen molar-refractivity contribution < 1.29 is 43.6 Å². The summed E-state index contributed by atoms with van der Waals surface area (Å²) < 4.78 is 15.9. The first-order chi connectivity index (χ1) is 28.6. The molecule has 0 saturated carbocycles. The topological polar surface area (TPSA) is 197 Å². The molecule has 0 saturated heterocycles. The number of methoxy groups -OCH3 is 2. The van der Waals surface area contributed by atoms with E-state index in [2.05, 4.69) is 26.6 Å². The van der Waals surface area contributed by atoms with Gasteiger partial charge in [0.15, 0.2) is 0 Å². The molecule has 0 aliphatic rings. The van der Waals surface area contributed by atoms with Crippen LogP contribution in [0.3, 0.4) is 0 Å². The minimum Gasteiger partial charge on any atom is -0.507 e. The standard InChI is InChI=1S/C46H59N5O9/c1-29(2)38(42(54)48-27-33-20-23-35(59-7)25-37(33)52)50-43(55)39(47-26-31-18-21-34(58-6)22-19-31)40(53)36(24-30-14-10-8-11-15-30)49-44(56)41(46(3,4)5)51-45(57)60-28-32-16-12-9-13-17-32/h8-23,25,29,36,38-41,47,52-53H,24,26-28H2,1-7H3,(H,48,54)(H,49,56)(H,50,55)(H,51,57)/t36-,38-,39+,40+,41+/m0/s1. The number of alkyl carbamates (subject to hydrolysis) is 1. The normalized spacial score (nSPS) is 13.8. The second kappa shape index (κ2) is 22.3. The van der Waals surface area contributed by atoms with E-state index in [1.54, 1.807) is 66.0 Å². The Morgan fingerprint density at radius 1 is 0.667 bits per heavy atom. The van der Waals surface area contributed by atoms with Crippen molar-refractivity contribution in [2.24, 2.45) is 11.3 Å². The number of benzene rings is 4. The summed E-state index contributed by atoms with van der Waals surface area (Å²) in [4.78, 5) is 55.3. The largest absolute Gasteiger partial charge is 0.507 e. The lowest BCUT2D eigenvalue weighted by atomic mass is 9.85. The Morgan fingerprint density at radius 3 is 1.83 bits per heavy atom. The van der Waals surface area contributed by atoms with Crippen LogP contribution in [0.4, 0.5) is 4.79 Å². The van der Waals surface area contributed by atoms with Gasteiger partial charge >= 0.3 is 6.09 Å². The van der Waals surface area contributed by atoms with Crippen molar-refractivity contribution in [3.63, 3.8) is 0 Å². The highest BCUT2D eigenvalue weighted by Gasteiger charge is 2.39. The van der Waals surface area contributed by atoms with Crippen LogP contribution in [-0.4, -0.2) is 78.5 Å². The molecule has 14 heteroatoms. The number of aromatic hydroxyl groups is 1. The number of amides is 4. The van der Waals surface area contributed by atoms with Gasteiger partial charge in [-0.15, -0.1) is 0 Å². The van der Waals surface area contributed by atoms with Gasteiger partial charge in [0.25, 0.3) is 0 Å². The fourth-order valence-electron chi connectivity index (χ4n) is 6.41. The molecule has 4 rings (SSSR count). The van der Waals surface area contributed by atoms with Gasteiger partial charge in [0.05, 0.1) is 26.4 Å². The van der Waals surface area contributed by atoms with Crippen LogP contribution < -0.4 is 36.1 Å². The lowest BCUT2D eigenvalue weighted by molar-refractivity contribution is -0.134. The third-order valence-electron chi connectivity index (χ3n) is 9.94. The van der Waals surface area contributed by atoms with E-state index < -0.39 is 65.4 Å². The SMILES string of the molecule is COc1ccc(CN[C@@H](C(=O)N[C@H](C(=O)NCc2ccc(OC)cc2O)C(C)C)[C@H](O)[C@H](Cc2ccccc2)NC(=O)[C@@H](NC(=O)OCc2ccccc2)C(C)(C)C)cc1. The van der Waals surface area contributed by atoms with Gasteiger partial charge in [-0.2, -0.15) is 0 Å². The van der Waals surface area contributed by atoms with Crippen molar-refractivity contribution in [2.75, 3.05) is 14.2 Å². The van der Waals surface area contributed by atoms with E-state index in [0.717, 1.165) is 16.7 Å². The van der Waals surface area contributed by atoms with Crippen molar-refractivity contribution in [2.45, 2.75) is 91.0 Å². The van der Waals surface area contributed by atoms with E-state index in [0.29, 0.717) is 17.1 Å². The highest BCUT2D eigenvalue weighted by Crippen LogP contribution is 2.24. The Morgan fingerprint density at radius 2 is 1.27 bits per heavy atom. The molecule has 0 spiro atoms. The van der Waals surface area contributed by atoms with E-state index in [1.807, 2.05) is 72.8 Å². The fraction of sp³-hybridized carbons (Fsp3) is 0.391. The molecule has 322 valence electrons. The second-order valence-electron chi connectivity index (χ2n) is 15.9. The average molecular weight is 826 g/mol. The van der Waals surface area contributed by atoms with Crippen LogP contribution in [-0.2, 0) is 45.2 Å². The number of hydrogen-bond donors (Lipinski definition) is 7. The molecule has 0 aromatic heterocycles. The summed E-state index contributed by atoms with van der Waals surface area (Å²) in [5, 5.41) is 37.2. The summed E-state index contributed by atoms with van der Waals surface area (Å²) >= 11 is 0. The zero-order valence-corrected chi connectivity index (χ0v) is 35.4. The number of carbonyl (C=O) groups is 4. The summed E-state index contributed by atoms with van der Waals surface area (Å²) in [6.45, 7) is 9.01. The number of ether oxygens (including phenoxy) is 3. The first-order valence-corrected chi connectivity index (χ1v) is 19.9. The molecule has 0 radical (unpaired) electrons. The number of phenols is 1. The number of aliphatic hydroxyl groups is 1. The van der Waals surface area contributed by atoms with Crippen molar-refractivity contribution in [1.29, 1.82) is 0 Å². The van der Waals surface area contributed by atoms with Gasteiger partial charge in [0.1, 0.15) is 42.0 Å². The zero-order chi connectivity index (χ0) is 43.8. The lowest BCUT2D eigenvalue weighted by Gasteiger charge is -2.35. The van der Waals surface area contributed by atoms with Crippen LogP contribution in [0.5, 0.6) is 17.2 Å². The van der Waals surface area contributed by atoms with Crippen LogP contribution in [0.15, 0.2) is 103 Å². The molecular weight excluding hydrogens is 767 g/mol. The van der Waals surface area contributed by atoms with E-state index in [-0.39, 0.29) is 31.9 Å². The summed E-state index contributed by atoms with van der Waals surface area (Å²) in [5.74, 6) is -1.17. The summed E-state index contributed by atoms with van der Waals surface area (Å²) in [5.41, 5.74) is 1.95. The first kappa shape index (κ1) is 46.6. The maximum absolute atomic E-state index is 14.4. The highest BCUT2D eigenvalue weighted by molar-refractivity contribution is 5.91. The molecule has 7 N–H and O–H groups in total. The molecule has 0 aliphatic carbocycles. The quantitative estimate of drug-likeness (QED) is 0.0654. The minimum atomic E-state index is -1.56. The van der Waals surface area contributed by atoms with Crippen molar-refractivity contribution in [1.82, 2.24) is 26.6 Å². The predicted octanol–water partition coefficient (Wildman–Crippen LogP) is 4.75. The second-order valence-corrected chi connectivity index (χ2v) is 15.9. The molecule has 14 nitrogen and oxygen atoms in total. The molecule has 4 aromatic carbocycles. The van der Waals surface area contributed by atoms with Crippen LogP contribution in [0.25, 0.3) is 0 Å². The number of phenolic OH excluding ortho intramolecular Hbond substituents is 1. The summed E-state index contributed by atoms with van der Waals surface area (Å²) in [7, 11) is 3.03. The highest BCUT2D eigenvalue weighted by atomic mass is 16.5. The minimum absolute atomic E-state index is 0.00347. The van der Waals surface area contributed by atoms with Gasteiger partial charge in [-0.25, -0.2) is 4.79 Å². The first-order valence-electron chi connectivity index (χ1n) is 19.9. The summed E-state index contributed by atoms with van der Waals surface area (Å²) in [6, 6.07) is 25.6. The lowest BCUT2D eigenvalue weighted by Crippen LogP contribution is -2.63. The Hall–Kier alpha value is -6.12. The van der Waals surface area contributed by atoms with Crippen molar-refractivity contribution in [3.05, 3.63) is 125 Å². The molecule has 0 fully saturated rings. The molecule has 0 heterocycles. The van der Waals surface area contributed by atoms with Gasteiger partial charge in [-0.1, -0.05) is 107 Å². The molecule has 0 aliphatic heterocycles. The molecule has 5 atom stereocenters. The molecule has 0 unspecified atom stereocenters. The smallest absolute Gasteiger partial charge is 0.408 e. The molecule has 4 aromatic rings. The number of rotatable bonds is 20. The predicted molar refractivity (Wildman–Crippen MR) is 228 cm³/mol. The van der Waals surface area contributed by atoms with Gasteiger partial charge in [0.2, 0.25) is 17.7 Å². The summed E-state index contributed by atoms with van der Waals surface area (Å²) in [6.07, 6.45) is -2.26. The van der Waals surface area contributed by atoms with Crippen molar-refractivity contribution in [3.8, 4) is 17.2 Å². The Labute approximate surface area is 352 Å². The Kier molecular flexibility index (Phi) is 17.3. The van der Waals surface area contributed by atoms with Gasteiger partial charge in [-0.3, -0.25) is 19.7 Å². The van der Waals surface area contributed by atoms with Crippen LogP contribution >= 0.6 is 0 Å². The van der Waals surface area contributed by atoms with Crippen LogP contribution in [0, 0.1) is 11.3 Å². The number of aliphatic hydroxyl groups excluding tert-OH is 1. The van der Waals surface area contributed by atoms with Gasteiger partial charge < -0.3 is 45.7 Å². The molecule has 4 amide bonds. The van der Waals surface area contributed by atoms with Gasteiger partial charge in [-0.05, 0) is 58.7 Å². The van der Waals surface area contributed by atoms with E-state index >= 15 is 0 Å². The fourth-order valence-corrected chi connectivity index (χ4v) is 6.41. The average Bonchev–Trinajstić information content (AvgIpc) is 3.23. The third-order valence-corrected chi connectivity index (χ3v) is 9.94.